The Morgan fingerprint density at radius 2 is 1.88 bits per heavy atom. The second-order valence-electron chi connectivity index (χ2n) is 7.35. The first kappa shape index (κ1) is 24.3. The number of carbonyl (C=O) groups excluding carboxylic acids is 3. The van der Waals surface area contributed by atoms with Gasteiger partial charge in [-0.25, -0.2) is 9.59 Å². The molecule has 0 spiro atoms. The van der Waals surface area contributed by atoms with Gasteiger partial charge in [-0.3, -0.25) is 4.79 Å². The van der Waals surface area contributed by atoms with Gasteiger partial charge in [0, 0.05) is 0 Å². The second kappa shape index (κ2) is 11.9. The molecule has 1 aliphatic rings. The zero-order valence-corrected chi connectivity index (χ0v) is 16.8. The third-order valence-electron chi connectivity index (χ3n) is 3.29. The van der Waals surface area contributed by atoms with Crippen LogP contribution in [0.3, 0.4) is 0 Å². The molecule has 152 valence electrons. The molecule has 2 atom stereocenters. The van der Waals surface area contributed by atoms with Gasteiger partial charge >= 0.3 is 11.9 Å². The molecule has 1 heterocycles. The van der Waals surface area contributed by atoms with Crippen molar-refractivity contribution in [3.63, 3.8) is 0 Å². The first-order valence-electron chi connectivity index (χ1n) is 9.07. The quantitative estimate of drug-likeness (QED) is 0.592. The predicted molar refractivity (Wildman–Crippen MR) is 97.4 cm³/mol. The maximum Gasteiger partial charge on any atom is 0.332 e. The third-order valence-corrected chi connectivity index (χ3v) is 3.29. The van der Waals surface area contributed by atoms with Crippen molar-refractivity contribution >= 4 is 17.8 Å². The number of hydrogen-bond donors (Lipinski definition) is 3. The van der Waals surface area contributed by atoms with Crippen molar-refractivity contribution in [2.24, 2.45) is 0 Å². The fraction of sp³-hybridized carbons (Fsp3) is 0.833. The molecule has 1 fully saturated rings. The molecule has 3 N–H and O–H groups in total. The van der Waals surface area contributed by atoms with E-state index in [-0.39, 0.29) is 24.0 Å². The van der Waals surface area contributed by atoms with E-state index in [0.29, 0.717) is 6.42 Å². The molecular weight excluding hydrogens is 340 g/mol. The second-order valence-corrected chi connectivity index (χ2v) is 7.35. The topological polar surface area (TPSA) is 114 Å². The Bertz CT molecular complexity index is 453. The zero-order valence-electron chi connectivity index (χ0n) is 16.8. The number of aliphatic hydroxyl groups is 1. The molecule has 1 amide bonds. The van der Waals surface area contributed by atoms with Gasteiger partial charge in [-0.2, -0.15) is 0 Å². The Labute approximate surface area is 156 Å². The molecule has 0 aliphatic carbocycles. The summed E-state index contributed by atoms with van der Waals surface area (Å²) in [5, 5.41) is 14.1. The maximum absolute atomic E-state index is 11.8. The van der Waals surface area contributed by atoms with E-state index in [2.05, 4.69) is 10.6 Å². The van der Waals surface area contributed by atoms with Crippen molar-refractivity contribution < 1.29 is 29.0 Å². The number of hydrogen-bond acceptors (Lipinski definition) is 7. The monoisotopic (exact) mass is 374 g/mol. The number of carbonyl (C=O) groups is 3. The van der Waals surface area contributed by atoms with Crippen LogP contribution < -0.4 is 10.6 Å². The molecular formula is C18H34N2O6. The number of rotatable bonds is 6. The van der Waals surface area contributed by atoms with Crippen LogP contribution in [0.2, 0.25) is 0 Å². The molecule has 0 saturated carbocycles. The van der Waals surface area contributed by atoms with Crippen molar-refractivity contribution in [1.82, 2.24) is 10.6 Å². The Morgan fingerprint density at radius 3 is 2.23 bits per heavy atom. The van der Waals surface area contributed by atoms with E-state index in [9.17, 15) is 14.4 Å². The van der Waals surface area contributed by atoms with Crippen molar-refractivity contribution in [2.45, 2.75) is 84.6 Å². The van der Waals surface area contributed by atoms with Crippen molar-refractivity contribution in [3.05, 3.63) is 0 Å². The largest absolute Gasteiger partial charge is 0.461 e. The van der Waals surface area contributed by atoms with E-state index >= 15 is 0 Å². The number of esters is 2. The van der Waals surface area contributed by atoms with Crippen molar-refractivity contribution in [3.8, 4) is 0 Å². The van der Waals surface area contributed by atoms with Crippen LogP contribution in [0.25, 0.3) is 0 Å². The lowest BCUT2D eigenvalue weighted by atomic mass is 10.1. The number of aliphatic hydroxyl groups excluding tert-OH is 1. The number of ether oxygens (including phenoxy) is 2. The molecule has 0 aromatic carbocycles. The SMILES string of the molecule is CC(C)(C)OC(=O)CO.CCC(NC(=O)C1CCCN1)C(=O)OC(C)C. The molecule has 0 aromatic heterocycles. The van der Waals surface area contributed by atoms with Crippen LogP contribution in [0, 0.1) is 0 Å². The molecule has 2 unspecified atom stereocenters. The van der Waals surface area contributed by atoms with Crippen LogP contribution in [-0.2, 0) is 23.9 Å². The summed E-state index contributed by atoms with van der Waals surface area (Å²) >= 11 is 0. The van der Waals surface area contributed by atoms with Gasteiger partial charge in [-0.15, -0.1) is 0 Å². The first-order valence-corrected chi connectivity index (χ1v) is 9.07. The Hall–Kier alpha value is -1.67. The highest BCUT2D eigenvalue weighted by Gasteiger charge is 2.27. The van der Waals surface area contributed by atoms with E-state index in [1.54, 1.807) is 34.6 Å². The molecule has 0 radical (unpaired) electrons. The summed E-state index contributed by atoms with van der Waals surface area (Å²) in [7, 11) is 0. The van der Waals surface area contributed by atoms with Gasteiger partial charge in [-0.1, -0.05) is 6.92 Å². The average molecular weight is 374 g/mol. The fourth-order valence-electron chi connectivity index (χ4n) is 2.20. The smallest absolute Gasteiger partial charge is 0.332 e. The lowest BCUT2D eigenvalue weighted by molar-refractivity contribution is -0.158. The predicted octanol–water partition coefficient (Wildman–Crippen LogP) is 0.905. The zero-order chi connectivity index (χ0) is 20.3. The minimum Gasteiger partial charge on any atom is -0.461 e. The van der Waals surface area contributed by atoms with Gasteiger partial charge in [-0.05, 0) is 60.4 Å². The summed E-state index contributed by atoms with van der Waals surface area (Å²) in [6, 6.07) is -0.691. The first-order chi connectivity index (χ1) is 12.0. The lowest BCUT2D eigenvalue weighted by Gasteiger charge is -2.19. The van der Waals surface area contributed by atoms with Crippen molar-refractivity contribution in [2.75, 3.05) is 13.2 Å². The van der Waals surface area contributed by atoms with Crippen LogP contribution in [0.1, 0.15) is 60.8 Å². The maximum atomic E-state index is 11.8. The molecule has 0 bridgehead atoms. The molecule has 8 heteroatoms. The third kappa shape index (κ3) is 11.0. The standard InChI is InChI=1S/C12H22N2O3.C6H12O3/c1-4-9(12(16)17-8(2)3)14-11(15)10-6-5-7-13-10;1-6(2,3)9-5(8)4-7/h8-10,13H,4-7H2,1-3H3,(H,14,15);7H,4H2,1-3H3. The summed E-state index contributed by atoms with van der Waals surface area (Å²) in [5.74, 6) is -1.04. The molecule has 26 heavy (non-hydrogen) atoms. The van der Waals surface area contributed by atoms with E-state index < -0.39 is 24.2 Å². The minimum absolute atomic E-state index is 0.102. The average Bonchev–Trinajstić information content (AvgIpc) is 3.05. The van der Waals surface area contributed by atoms with E-state index in [4.69, 9.17) is 14.6 Å². The van der Waals surface area contributed by atoms with E-state index in [1.807, 2.05) is 6.92 Å². The van der Waals surface area contributed by atoms with Crippen LogP contribution in [0.5, 0.6) is 0 Å². The van der Waals surface area contributed by atoms with Gasteiger partial charge < -0.3 is 25.2 Å². The van der Waals surface area contributed by atoms with Crippen LogP contribution in [-0.4, -0.2) is 59.9 Å². The summed E-state index contributed by atoms with van der Waals surface area (Å²) in [5.41, 5.74) is -0.486. The highest BCUT2D eigenvalue weighted by Crippen LogP contribution is 2.07. The van der Waals surface area contributed by atoms with Gasteiger partial charge in [0.15, 0.2) is 0 Å². The Morgan fingerprint density at radius 1 is 1.27 bits per heavy atom. The molecule has 0 aromatic rings. The molecule has 1 aliphatic heterocycles. The highest BCUT2D eigenvalue weighted by atomic mass is 16.6. The fourth-order valence-corrected chi connectivity index (χ4v) is 2.20. The number of nitrogens with one attached hydrogen (secondary N) is 2. The summed E-state index contributed by atoms with van der Waals surface area (Å²) < 4.78 is 9.79. The highest BCUT2D eigenvalue weighted by molar-refractivity contribution is 5.87. The Kier molecular flexibility index (Phi) is 11.1. The normalized spacial score (nSPS) is 17.8. The minimum atomic E-state index is -0.581. The Balaban J connectivity index is 0.000000590. The van der Waals surface area contributed by atoms with Crippen LogP contribution >= 0.6 is 0 Å². The van der Waals surface area contributed by atoms with Gasteiger partial charge in [0.05, 0.1) is 12.1 Å². The number of amides is 1. The van der Waals surface area contributed by atoms with Crippen LogP contribution in [0.15, 0.2) is 0 Å². The molecule has 1 saturated heterocycles. The van der Waals surface area contributed by atoms with Gasteiger partial charge in [0.25, 0.3) is 0 Å². The van der Waals surface area contributed by atoms with Gasteiger partial charge in [0.1, 0.15) is 18.2 Å². The molecule has 1 rings (SSSR count). The van der Waals surface area contributed by atoms with E-state index in [1.165, 1.54) is 0 Å². The van der Waals surface area contributed by atoms with E-state index in [0.717, 1.165) is 19.4 Å². The summed E-state index contributed by atoms with van der Waals surface area (Å²) in [6.07, 6.45) is 2.23. The lowest BCUT2D eigenvalue weighted by Crippen LogP contribution is -2.48. The summed E-state index contributed by atoms with van der Waals surface area (Å²) in [4.78, 5) is 33.9. The molecule has 8 nitrogen and oxygen atoms in total. The van der Waals surface area contributed by atoms with Crippen molar-refractivity contribution in [1.29, 1.82) is 0 Å². The summed E-state index contributed by atoms with van der Waals surface area (Å²) in [6.45, 7) is 11.0. The van der Waals surface area contributed by atoms with Gasteiger partial charge in [0.2, 0.25) is 5.91 Å². The van der Waals surface area contributed by atoms with Crippen LogP contribution in [0.4, 0.5) is 0 Å².